The minimum Gasteiger partial charge on any atom is -0.356 e. The van der Waals surface area contributed by atoms with Crippen molar-refractivity contribution in [1.29, 1.82) is 0 Å². The minimum atomic E-state index is -4.06. The number of alkyl halides is 2. The Morgan fingerprint density at radius 1 is 0.793 bits per heavy atom. The first-order valence-electron chi connectivity index (χ1n) is 9.27. The van der Waals surface area contributed by atoms with E-state index in [0.717, 1.165) is 0 Å². The molecule has 172 valence electrons. The number of halogens is 2. The highest BCUT2D eigenvalue weighted by atomic mass is 35.5. The molecular weight excluding hydrogens is 467 g/mol. The first-order chi connectivity index (χ1) is 13.5. The zero-order chi connectivity index (χ0) is 22.5. The van der Waals surface area contributed by atoms with E-state index in [1.807, 2.05) is 13.8 Å². The van der Waals surface area contributed by atoms with Crippen LogP contribution in [0.2, 0.25) is 0 Å². The van der Waals surface area contributed by atoms with Gasteiger partial charge in [-0.05, 0) is 12.8 Å². The van der Waals surface area contributed by atoms with Crippen LogP contribution < -0.4 is 10.6 Å². The summed E-state index contributed by atoms with van der Waals surface area (Å²) in [6, 6.07) is 0. The molecule has 2 N–H and O–H groups in total. The third-order valence-electron chi connectivity index (χ3n) is 3.68. The van der Waals surface area contributed by atoms with E-state index in [1.54, 1.807) is 0 Å². The van der Waals surface area contributed by atoms with Crippen LogP contribution in [0.25, 0.3) is 0 Å². The van der Waals surface area contributed by atoms with Crippen LogP contribution in [0.5, 0.6) is 0 Å². The number of sulfone groups is 2. The lowest BCUT2D eigenvalue weighted by atomic mass is 10.3. The van der Waals surface area contributed by atoms with Gasteiger partial charge in [0.15, 0.2) is 30.5 Å². The highest BCUT2D eigenvalue weighted by Crippen LogP contribution is 2.19. The van der Waals surface area contributed by atoms with Crippen molar-refractivity contribution in [2.45, 2.75) is 50.4 Å². The van der Waals surface area contributed by atoms with Gasteiger partial charge in [0, 0.05) is 24.8 Å². The average Bonchev–Trinajstić information content (AvgIpc) is 2.63. The molecule has 2 unspecified atom stereocenters. The summed E-state index contributed by atoms with van der Waals surface area (Å²) >= 11 is 11.1. The Balaban J connectivity index is 5.70. The molecule has 2 amide bonds. The molecule has 0 aliphatic rings. The van der Waals surface area contributed by atoms with Crippen molar-refractivity contribution in [1.82, 2.24) is 10.6 Å². The van der Waals surface area contributed by atoms with E-state index in [-0.39, 0.29) is 11.8 Å². The van der Waals surface area contributed by atoms with E-state index in [0.29, 0.717) is 25.9 Å². The second-order valence-corrected chi connectivity index (χ2v) is 11.5. The highest BCUT2D eigenvalue weighted by molar-refractivity contribution is 7.92. The van der Waals surface area contributed by atoms with E-state index >= 15 is 0 Å². The second kappa shape index (κ2) is 14.4. The van der Waals surface area contributed by atoms with E-state index < -0.39 is 66.7 Å². The van der Waals surface area contributed by atoms with Gasteiger partial charge >= 0.3 is 0 Å². The summed E-state index contributed by atoms with van der Waals surface area (Å²) < 4.78 is 55.4. The standard InChI is InChI=1S/C16H30Cl2N2O7S2/c1-3-7-19-13(21)11-15(28(23,24)9-5-17)27-16(29(25,26)10-6-18)12-14(22)20-8-4-2/h15-16H,3-12H2,1-2H3,(H,19,21)(H,20,22). The average molecular weight is 497 g/mol. The van der Waals surface area contributed by atoms with Crippen LogP contribution in [0, 0.1) is 0 Å². The van der Waals surface area contributed by atoms with Crippen molar-refractivity contribution in [2.24, 2.45) is 0 Å². The third kappa shape index (κ3) is 11.4. The Bertz CT molecular complexity index is 655. The number of carbonyl (C=O) groups is 2. The number of nitrogens with one attached hydrogen (secondary N) is 2. The molecule has 0 radical (unpaired) electrons. The Morgan fingerprint density at radius 3 is 1.41 bits per heavy atom. The maximum absolute atomic E-state index is 12.5. The number of hydrogen-bond donors (Lipinski definition) is 2. The summed E-state index contributed by atoms with van der Waals surface area (Å²) in [4.78, 5) is 24.1. The molecule has 0 saturated carbocycles. The molecule has 0 aromatic rings. The number of hydrogen-bond acceptors (Lipinski definition) is 7. The lowest BCUT2D eigenvalue weighted by molar-refractivity contribution is -0.124. The highest BCUT2D eigenvalue weighted by Gasteiger charge is 2.37. The van der Waals surface area contributed by atoms with Crippen LogP contribution in [0.1, 0.15) is 39.5 Å². The molecule has 0 saturated heterocycles. The largest absolute Gasteiger partial charge is 0.356 e. The van der Waals surface area contributed by atoms with Gasteiger partial charge < -0.3 is 15.4 Å². The zero-order valence-electron chi connectivity index (χ0n) is 16.7. The molecule has 0 aliphatic carbocycles. The molecule has 0 aliphatic heterocycles. The molecule has 0 fully saturated rings. The van der Waals surface area contributed by atoms with E-state index in [1.165, 1.54) is 0 Å². The van der Waals surface area contributed by atoms with Gasteiger partial charge in [0.1, 0.15) is 0 Å². The maximum atomic E-state index is 12.5. The lowest BCUT2D eigenvalue weighted by Gasteiger charge is -2.24. The first-order valence-corrected chi connectivity index (χ1v) is 13.8. The summed E-state index contributed by atoms with van der Waals surface area (Å²) in [5.41, 5.74) is -3.51. The topological polar surface area (TPSA) is 136 Å². The summed E-state index contributed by atoms with van der Waals surface area (Å²) in [5, 5.41) is 5.03. The molecule has 0 spiro atoms. The fourth-order valence-electron chi connectivity index (χ4n) is 2.14. The number of amides is 2. The van der Waals surface area contributed by atoms with Crippen LogP contribution in [-0.2, 0) is 34.0 Å². The number of rotatable bonds is 16. The molecule has 13 heteroatoms. The fourth-order valence-corrected chi connectivity index (χ4v) is 5.88. The van der Waals surface area contributed by atoms with E-state index in [4.69, 9.17) is 27.9 Å². The number of carbonyl (C=O) groups excluding carboxylic acids is 2. The van der Waals surface area contributed by atoms with Crippen LogP contribution in [-0.4, -0.2) is 75.9 Å². The van der Waals surface area contributed by atoms with Crippen molar-refractivity contribution < 1.29 is 31.2 Å². The Labute approximate surface area is 183 Å². The quantitative estimate of drug-likeness (QED) is 0.301. The molecule has 9 nitrogen and oxygen atoms in total. The molecule has 0 heterocycles. The molecule has 0 aromatic heterocycles. The van der Waals surface area contributed by atoms with Crippen molar-refractivity contribution >= 4 is 54.7 Å². The summed E-state index contributed by atoms with van der Waals surface area (Å²) in [6.07, 6.45) is 0.0530. The molecule has 29 heavy (non-hydrogen) atoms. The van der Waals surface area contributed by atoms with Crippen LogP contribution >= 0.6 is 23.2 Å². The SMILES string of the molecule is CCCNC(=O)CC(OC(CC(=O)NCCC)S(=O)(=O)CCCl)S(=O)(=O)CCCl. The van der Waals surface area contributed by atoms with Crippen LogP contribution in [0.3, 0.4) is 0 Å². The fraction of sp³-hybridized carbons (Fsp3) is 0.875. The Hall–Kier alpha value is -0.620. The second-order valence-electron chi connectivity index (χ2n) is 6.22. The lowest BCUT2D eigenvalue weighted by Crippen LogP contribution is -2.42. The monoisotopic (exact) mass is 496 g/mol. The predicted molar refractivity (Wildman–Crippen MR) is 114 cm³/mol. The maximum Gasteiger partial charge on any atom is 0.223 e. The van der Waals surface area contributed by atoms with Gasteiger partial charge in [-0.25, -0.2) is 16.8 Å². The predicted octanol–water partition coefficient (Wildman–Crippen LogP) is 0.795. The number of ether oxygens (including phenoxy) is 1. The first kappa shape index (κ1) is 28.4. The van der Waals surface area contributed by atoms with Crippen LogP contribution in [0.15, 0.2) is 0 Å². The van der Waals surface area contributed by atoms with Crippen molar-refractivity contribution in [2.75, 3.05) is 36.4 Å². The minimum absolute atomic E-state index is 0.255. The normalized spacial score (nSPS) is 14.2. The molecule has 0 rings (SSSR count). The molecule has 2 atom stereocenters. The third-order valence-corrected chi connectivity index (χ3v) is 8.21. The smallest absolute Gasteiger partial charge is 0.223 e. The van der Waals surface area contributed by atoms with Gasteiger partial charge in [-0.15, -0.1) is 23.2 Å². The van der Waals surface area contributed by atoms with Gasteiger partial charge in [0.05, 0.1) is 24.3 Å². The van der Waals surface area contributed by atoms with Gasteiger partial charge in [0.2, 0.25) is 11.8 Å². The van der Waals surface area contributed by atoms with E-state index in [9.17, 15) is 26.4 Å². The molecular formula is C16H30Cl2N2O7S2. The molecule has 0 bridgehead atoms. The van der Waals surface area contributed by atoms with Crippen LogP contribution in [0.4, 0.5) is 0 Å². The van der Waals surface area contributed by atoms with Crippen molar-refractivity contribution in [3.8, 4) is 0 Å². The zero-order valence-corrected chi connectivity index (χ0v) is 19.8. The summed E-state index contributed by atoms with van der Waals surface area (Å²) in [5.74, 6) is -2.75. The Morgan fingerprint density at radius 2 is 1.14 bits per heavy atom. The van der Waals surface area contributed by atoms with Gasteiger partial charge in [-0.3, -0.25) is 9.59 Å². The van der Waals surface area contributed by atoms with Crippen molar-refractivity contribution in [3.05, 3.63) is 0 Å². The van der Waals surface area contributed by atoms with E-state index in [2.05, 4.69) is 10.6 Å². The van der Waals surface area contributed by atoms with Gasteiger partial charge in [-0.2, -0.15) is 0 Å². The molecule has 0 aromatic carbocycles. The Kier molecular flexibility index (Phi) is 14.1. The summed E-state index contributed by atoms with van der Waals surface area (Å²) in [6.45, 7) is 4.30. The van der Waals surface area contributed by atoms with Gasteiger partial charge in [0.25, 0.3) is 0 Å². The van der Waals surface area contributed by atoms with Gasteiger partial charge in [-0.1, -0.05) is 13.8 Å². The van der Waals surface area contributed by atoms with Crippen molar-refractivity contribution in [3.63, 3.8) is 0 Å². The summed E-state index contributed by atoms with van der Waals surface area (Å²) in [7, 11) is -8.12.